The number of nitrogens with one attached hydrogen (secondary N) is 1. The number of nitrogens with zero attached hydrogens (tertiary/aromatic N) is 4. The predicted molar refractivity (Wildman–Crippen MR) is 107 cm³/mol. The second kappa shape index (κ2) is 9.89. The van der Waals surface area contributed by atoms with Gasteiger partial charge in [-0.1, -0.05) is 0 Å². The van der Waals surface area contributed by atoms with Crippen molar-refractivity contribution in [3.8, 4) is 11.5 Å². The maximum absolute atomic E-state index is 12.4. The molecule has 150 valence electrons. The molecule has 1 aliphatic heterocycles. The van der Waals surface area contributed by atoms with Crippen molar-refractivity contribution in [2.24, 2.45) is 0 Å². The quantitative estimate of drug-likeness (QED) is 0.736. The highest BCUT2D eigenvalue weighted by atomic mass is 16.5. The Balaban J connectivity index is 1.43. The van der Waals surface area contributed by atoms with Gasteiger partial charge < -0.3 is 19.7 Å². The second-order valence-corrected chi connectivity index (χ2v) is 6.43. The average molecular weight is 385 g/mol. The third kappa shape index (κ3) is 5.10. The van der Waals surface area contributed by atoms with E-state index in [9.17, 15) is 4.79 Å². The van der Waals surface area contributed by atoms with E-state index in [0.717, 1.165) is 38.7 Å². The molecule has 8 heteroatoms. The fraction of sp³-hybridized carbons (Fsp3) is 0.450. The Morgan fingerprint density at radius 2 is 1.89 bits per heavy atom. The molecule has 1 aliphatic rings. The van der Waals surface area contributed by atoms with E-state index in [2.05, 4.69) is 25.1 Å². The number of rotatable bonds is 8. The van der Waals surface area contributed by atoms with Crippen LogP contribution in [0, 0.1) is 0 Å². The monoisotopic (exact) mass is 385 g/mol. The van der Waals surface area contributed by atoms with Gasteiger partial charge in [-0.25, -0.2) is 9.97 Å². The van der Waals surface area contributed by atoms with Crippen molar-refractivity contribution in [3.63, 3.8) is 0 Å². The van der Waals surface area contributed by atoms with Gasteiger partial charge in [0.25, 0.3) is 5.91 Å². The molecule has 2 aromatic rings. The third-order valence-electron chi connectivity index (χ3n) is 4.65. The minimum Gasteiger partial charge on any atom is -0.493 e. The summed E-state index contributed by atoms with van der Waals surface area (Å²) >= 11 is 0. The summed E-state index contributed by atoms with van der Waals surface area (Å²) in [5.74, 6) is 1.87. The fourth-order valence-corrected chi connectivity index (χ4v) is 3.14. The zero-order valence-corrected chi connectivity index (χ0v) is 16.4. The van der Waals surface area contributed by atoms with Crippen LogP contribution in [0.25, 0.3) is 0 Å². The highest BCUT2D eigenvalue weighted by Gasteiger charge is 2.18. The lowest BCUT2D eigenvalue weighted by molar-refractivity contribution is 0.0947. The van der Waals surface area contributed by atoms with Crippen LogP contribution in [0.15, 0.2) is 36.7 Å². The average Bonchev–Trinajstić information content (AvgIpc) is 2.75. The summed E-state index contributed by atoms with van der Waals surface area (Å²) in [7, 11) is 1.57. The normalized spacial score (nSPS) is 14.6. The third-order valence-corrected chi connectivity index (χ3v) is 4.65. The van der Waals surface area contributed by atoms with Crippen molar-refractivity contribution in [2.75, 3.05) is 57.9 Å². The Hall–Kier alpha value is -2.87. The van der Waals surface area contributed by atoms with Crippen LogP contribution in [0.5, 0.6) is 11.5 Å². The fourth-order valence-electron chi connectivity index (χ4n) is 3.14. The van der Waals surface area contributed by atoms with Crippen molar-refractivity contribution in [1.29, 1.82) is 0 Å². The zero-order chi connectivity index (χ0) is 19.8. The lowest BCUT2D eigenvalue weighted by Gasteiger charge is -2.34. The highest BCUT2D eigenvalue weighted by Crippen LogP contribution is 2.27. The first-order valence-corrected chi connectivity index (χ1v) is 9.54. The summed E-state index contributed by atoms with van der Waals surface area (Å²) in [6.45, 7) is 7.47. The molecule has 1 aromatic carbocycles. The van der Waals surface area contributed by atoms with E-state index in [-0.39, 0.29) is 5.91 Å². The van der Waals surface area contributed by atoms with E-state index in [1.807, 2.05) is 13.0 Å². The molecule has 8 nitrogen and oxygen atoms in total. The maximum Gasteiger partial charge on any atom is 0.251 e. The van der Waals surface area contributed by atoms with Gasteiger partial charge in [0.1, 0.15) is 0 Å². The summed E-state index contributed by atoms with van der Waals surface area (Å²) < 4.78 is 10.8. The molecule has 1 saturated heterocycles. The Morgan fingerprint density at radius 3 is 2.57 bits per heavy atom. The lowest BCUT2D eigenvalue weighted by atomic mass is 10.2. The molecule has 1 amide bonds. The highest BCUT2D eigenvalue weighted by molar-refractivity contribution is 5.94. The van der Waals surface area contributed by atoms with Gasteiger partial charge in [0.2, 0.25) is 5.95 Å². The summed E-state index contributed by atoms with van der Waals surface area (Å²) in [4.78, 5) is 25.5. The van der Waals surface area contributed by atoms with Crippen LogP contribution in [-0.2, 0) is 0 Å². The largest absolute Gasteiger partial charge is 0.493 e. The number of benzene rings is 1. The van der Waals surface area contributed by atoms with Crippen molar-refractivity contribution in [1.82, 2.24) is 20.2 Å². The summed E-state index contributed by atoms with van der Waals surface area (Å²) in [5, 5.41) is 2.98. The van der Waals surface area contributed by atoms with E-state index in [4.69, 9.17) is 9.47 Å². The van der Waals surface area contributed by atoms with Crippen LogP contribution < -0.4 is 19.7 Å². The Labute approximate surface area is 165 Å². The minimum absolute atomic E-state index is 0.113. The Bertz CT molecular complexity index is 764. The van der Waals surface area contributed by atoms with E-state index >= 15 is 0 Å². The molecule has 1 N–H and O–H groups in total. The zero-order valence-electron chi connectivity index (χ0n) is 16.4. The molecule has 1 fully saturated rings. The van der Waals surface area contributed by atoms with E-state index in [1.165, 1.54) is 0 Å². The molecule has 0 bridgehead atoms. The molecule has 0 aliphatic carbocycles. The van der Waals surface area contributed by atoms with Crippen LogP contribution >= 0.6 is 0 Å². The molecular formula is C20H27N5O3. The first-order valence-electron chi connectivity index (χ1n) is 9.54. The van der Waals surface area contributed by atoms with E-state index < -0.39 is 0 Å². The molecule has 0 radical (unpaired) electrons. The molecule has 0 saturated carbocycles. The number of methoxy groups -OCH3 is 1. The minimum atomic E-state index is -0.113. The molecular weight excluding hydrogens is 358 g/mol. The molecule has 1 aromatic heterocycles. The number of amides is 1. The summed E-state index contributed by atoms with van der Waals surface area (Å²) in [6, 6.07) is 7.05. The van der Waals surface area contributed by atoms with Crippen molar-refractivity contribution >= 4 is 11.9 Å². The Kier molecular flexibility index (Phi) is 7.02. The van der Waals surface area contributed by atoms with Gasteiger partial charge in [-0.3, -0.25) is 9.69 Å². The Morgan fingerprint density at radius 1 is 1.14 bits per heavy atom. The van der Waals surface area contributed by atoms with Gasteiger partial charge in [0.05, 0.1) is 13.7 Å². The smallest absolute Gasteiger partial charge is 0.251 e. The van der Waals surface area contributed by atoms with E-state index in [1.54, 1.807) is 37.7 Å². The molecule has 2 heterocycles. The molecule has 3 rings (SSSR count). The number of piperazine rings is 1. The van der Waals surface area contributed by atoms with Crippen LogP contribution in [0.3, 0.4) is 0 Å². The topological polar surface area (TPSA) is 79.8 Å². The van der Waals surface area contributed by atoms with Crippen LogP contribution in [-0.4, -0.2) is 73.8 Å². The van der Waals surface area contributed by atoms with Gasteiger partial charge >= 0.3 is 0 Å². The van der Waals surface area contributed by atoms with Crippen LogP contribution in [0.2, 0.25) is 0 Å². The van der Waals surface area contributed by atoms with Gasteiger partial charge in [0, 0.05) is 57.2 Å². The first-order chi connectivity index (χ1) is 13.7. The van der Waals surface area contributed by atoms with Gasteiger partial charge in [0.15, 0.2) is 11.5 Å². The van der Waals surface area contributed by atoms with Crippen LogP contribution in [0.1, 0.15) is 17.3 Å². The summed E-state index contributed by atoms with van der Waals surface area (Å²) in [5.41, 5.74) is 0.561. The van der Waals surface area contributed by atoms with Gasteiger partial charge in [-0.05, 0) is 31.2 Å². The number of carbonyl (C=O) groups is 1. The number of hydrogen-bond donors (Lipinski definition) is 1. The van der Waals surface area contributed by atoms with Crippen molar-refractivity contribution in [3.05, 3.63) is 42.2 Å². The first kappa shape index (κ1) is 19.9. The lowest BCUT2D eigenvalue weighted by Crippen LogP contribution is -2.49. The number of hydrogen-bond acceptors (Lipinski definition) is 7. The summed E-state index contributed by atoms with van der Waals surface area (Å²) in [6.07, 6.45) is 3.53. The molecule has 28 heavy (non-hydrogen) atoms. The number of ether oxygens (including phenoxy) is 2. The molecule has 0 unspecified atom stereocenters. The number of anilines is 1. The SMILES string of the molecule is CCOc1ccc(C(=O)NCCN2CCN(c3ncccn3)CC2)cc1OC. The van der Waals surface area contributed by atoms with Gasteiger partial charge in [-0.2, -0.15) is 0 Å². The van der Waals surface area contributed by atoms with Gasteiger partial charge in [-0.15, -0.1) is 0 Å². The van der Waals surface area contributed by atoms with Crippen molar-refractivity contribution < 1.29 is 14.3 Å². The van der Waals surface area contributed by atoms with Crippen LogP contribution in [0.4, 0.5) is 5.95 Å². The van der Waals surface area contributed by atoms with E-state index in [0.29, 0.717) is 30.2 Å². The molecule has 0 atom stereocenters. The molecule has 0 spiro atoms. The maximum atomic E-state index is 12.4. The van der Waals surface area contributed by atoms with Crippen molar-refractivity contribution in [2.45, 2.75) is 6.92 Å². The predicted octanol–water partition coefficient (Wildman–Crippen LogP) is 1.44. The second-order valence-electron chi connectivity index (χ2n) is 6.43. The standard InChI is InChI=1S/C20H27N5O3/c1-3-28-17-6-5-16(15-18(17)27-2)19(26)21-9-10-24-11-13-25(14-12-24)20-22-7-4-8-23-20/h4-8,15H,3,9-14H2,1-2H3,(H,21,26). The number of carbonyl (C=O) groups excluding carboxylic acids is 1. The number of aromatic nitrogens is 2.